The lowest BCUT2D eigenvalue weighted by atomic mass is 10.1. The zero-order chi connectivity index (χ0) is 22.1. The molecule has 0 bridgehead atoms. The summed E-state index contributed by atoms with van der Waals surface area (Å²) in [6.45, 7) is 7.67. The summed E-state index contributed by atoms with van der Waals surface area (Å²) < 4.78 is 10.7. The van der Waals surface area contributed by atoms with Gasteiger partial charge in [-0.1, -0.05) is 31.1 Å². The Bertz CT molecular complexity index is 876. The number of amides is 1. The summed E-state index contributed by atoms with van der Waals surface area (Å²) in [6, 6.07) is 6.66. The predicted molar refractivity (Wildman–Crippen MR) is 117 cm³/mol. The number of carbonyl (C=O) groups is 3. The molecular formula is C22H28N2O5S. The van der Waals surface area contributed by atoms with Gasteiger partial charge in [-0.05, 0) is 51.5 Å². The number of Topliss-reactive ketones (excluding diaryl/α,β-unsaturated/α-hetero) is 1. The number of aryl methyl sites for hydroxylation is 1. The molecule has 0 saturated carbocycles. The Balaban J connectivity index is 2.13. The maximum atomic E-state index is 12.9. The molecule has 1 aromatic carbocycles. The molecule has 162 valence electrons. The summed E-state index contributed by atoms with van der Waals surface area (Å²) >= 11 is 1.16. The van der Waals surface area contributed by atoms with Gasteiger partial charge in [-0.15, -0.1) is 0 Å². The number of hydrogen-bond acceptors (Lipinski definition) is 7. The molecule has 0 aliphatic carbocycles. The second-order valence-corrected chi connectivity index (χ2v) is 7.73. The minimum atomic E-state index is -0.429. The number of thiazole rings is 1. The first kappa shape index (κ1) is 23.5. The largest absolute Gasteiger partial charge is 0.484 e. The quantitative estimate of drug-likeness (QED) is 0.297. The first-order chi connectivity index (χ1) is 14.4. The Morgan fingerprint density at radius 1 is 1.10 bits per heavy atom. The number of esters is 1. The average molecular weight is 433 g/mol. The van der Waals surface area contributed by atoms with Crippen LogP contribution in [0.3, 0.4) is 0 Å². The lowest BCUT2D eigenvalue weighted by molar-refractivity contribution is -0.120. The Morgan fingerprint density at radius 3 is 2.40 bits per heavy atom. The standard InChI is InChI=1S/C22H28N2O5S/c1-5-7-8-13-24(22-23-15(3)20(30-22)21(27)28-6-2)19(26)14-29-18-11-9-17(10-12-18)16(4)25/h9-12H,5-8,13-14H2,1-4H3. The summed E-state index contributed by atoms with van der Waals surface area (Å²) in [6.07, 6.45) is 2.82. The first-order valence-corrected chi connectivity index (χ1v) is 10.9. The van der Waals surface area contributed by atoms with E-state index < -0.39 is 5.97 Å². The van der Waals surface area contributed by atoms with Crippen LogP contribution in [0.15, 0.2) is 24.3 Å². The van der Waals surface area contributed by atoms with Crippen molar-refractivity contribution in [2.24, 2.45) is 0 Å². The van der Waals surface area contributed by atoms with Crippen molar-refractivity contribution in [1.82, 2.24) is 4.98 Å². The van der Waals surface area contributed by atoms with Crippen molar-refractivity contribution in [1.29, 1.82) is 0 Å². The topological polar surface area (TPSA) is 85.8 Å². The van der Waals surface area contributed by atoms with Gasteiger partial charge < -0.3 is 9.47 Å². The molecule has 0 atom stereocenters. The van der Waals surface area contributed by atoms with E-state index in [2.05, 4.69) is 11.9 Å². The van der Waals surface area contributed by atoms with Crippen LogP contribution in [0.5, 0.6) is 5.75 Å². The molecule has 2 rings (SSSR count). The molecule has 2 aromatic rings. The lowest BCUT2D eigenvalue weighted by Gasteiger charge is -2.20. The highest BCUT2D eigenvalue weighted by molar-refractivity contribution is 7.17. The Hall–Kier alpha value is -2.74. The summed E-state index contributed by atoms with van der Waals surface area (Å²) in [5.41, 5.74) is 1.13. The molecule has 0 spiro atoms. The number of aromatic nitrogens is 1. The van der Waals surface area contributed by atoms with Crippen molar-refractivity contribution in [2.75, 3.05) is 24.7 Å². The smallest absolute Gasteiger partial charge is 0.350 e. The molecule has 0 fully saturated rings. The van der Waals surface area contributed by atoms with E-state index in [1.54, 1.807) is 43.0 Å². The maximum absolute atomic E-state index is 12.9. The van der Waals surface area contributed by atoms with Crippen LogP contribution in [0.4, 0.5) is 5.13 Å². The van der Waals surface area contributed by atoms with E-state index in [9.17, 15) is 14.4 Å². The normalized spacial score (nSPS) is 10.5. The summed E-state index contributed by atoms with van der Waals surface area (Å²) in [5, 5.41) is 0.465. The van der Waals surface area contributed by atoms with E-state index in [-0.39, 0.29) is 24.9 Å². The number of benzene rings is 1. The maximum Gasteiger partial charge on any atom is 0.350 e. The van der Waals surface area contributed by atoms with Crippen LogP contribution >= 0.6 is 11.3 Å². The van der Waals surface area contributed by atoms with Gasteiger partial charge in [0.25, 0.3) is 5.91 Å². The number of anilines is 1. The number of nitrogens with zero attached hydrogens (tertiary/aromatic N) is 2. The molecular weight excluding hydrogens is 404 g/mol. The SMILES string of the molecule is CCCCCN(C(=O)COc1ccc(C(C)=O)cc1)c1nc(C)c(C(=O)OCC)s1. The second-order valence-electron chi connectivity index (χ2n) is 6.75. The summed E-state index contributed by atoms with van der Waals surface area (Å²) in [4.78, 5) is 42.8. The van der Waals surface area contributed by atoms with Crippen molar-refractivity contribution in [3.63, 3.8) is 0 Å². The predicted octanol–water partition coefficient (Wildman–Crippen LogP) is 4.43. The van der Waals surface area contributed by atoms with Gasteiger partial charge >= 0.3 is 5.97 Å². The van der Waals surface area contributed by atoms with E-state index in [0.717, 1.165) is 30.6 Å². The number of ketones is 1. The average Bonchev–Trinajstić information content (AvgIpc) is 3.11. The van der Waals surface area contributed by atoms with E-state index in [4.69, 9.17) is 9.47 Å². The number of rotatable bonds is 11. The first-order valence-electron chi connectivity index (χ1n) is 10.1. The molecule has 7 nitrogen and oxygen atoms in total. The lowest BCUT2D eigenvalue weighted by Crippen LogP contribution is -2.35. The van der Waals surface area contributed by atoms with Crippen LogP contribution in [-0.2, 0) is 9.53 Å². The third-order valence-electron chi connectivity index (χ3n) is 4.39. The summed E-state index contributed by atoms with van der Waals surface area (Å²) in [7, 11) is 0. The van der Waals surface area contributed by atoms with E-state index in [1.165, 1.54) is 6.92 Å². The molecule has 0 aliphatic heterocycles. The second kappa shape index (κ2) is 11.4. The van der Waals surface area contributed by atoms with Gasteiger partial charge in [-0.25, -0.2) is 9.78 Å². The molecule has 0 saturated heterocycles. The van der Waals surface area contributed by atoms with Crippen LogP contribution < -0.4 is 9.64 Å². The van der Waals surface area contributed by atoms with Gasteiger partial charge in [0.05, 0.1) is 12.3 Å². The molecule has 1 heterocycles. The van der Waals surface area contributed by atoms with E-state index >= 15 is 0 Å². The fourth-order valence-electron chi connectivity index (χ4n) is 2.74. The van der Waals surface area contributed by atoms with Crippen LogP contribution in [0.25, 0.3) is 0 Å². The number of unbranched alkanes of at least 4 members (excludes halogenated alkanes) is 2. The van der Waals surface area contributed by atoms with Gasteiger partial charge in [-0.3, -0.25) is 14.5 Å². The van der Waals surface area contributed by atoms with Crippen LogP contribution in [-0.4, -0.2) is 42.4 Å². The summed E-state index contributed by atoms with van der Waals surface area (Å²) in [5.74, 6) is -0.201. The van der Waals surface area contributed by atoms with Crippen LogP contribution in [0.1, 0.15) is 65.8 Å². The van der Waals surface area contributed by atoms with Crippen molar-refractivity contribution in [3.8, 4) is 5.75 Å². The van der Waals surface area contributed by atoms with Crippen LogP contribution in [0, 0.1) is 6.92 Å². The fraction of sp³-hybridized carbons (Fsp3) is 0.455. The minimum absolute atomic E-state index is 0.0312. The third-order valence-corrected chi connectivity index (χ3v) is 5.55. The molecule has 0 aliphatic rings. The molecule has 1 amide bonds. The Morgan fingerprint density at radius 2 is 1.80 bits per heavy atom. The van der Waals surface area contributed by atoms with Gasteiger partial charge in [-0.2, -0.15) is 0 Å². The van der Waals surface area contributed by atoms with Gasteiger partial charge in [0.15, 0.2) is 17.5 Å². The highest BCUT2D eigenvalue weighted by Crippen LogP contribution is 2.27. The molecule has 0 N–H and O–H groups in total. The molecule has 0 unspecified atom stereocenters. The minimum Gasteiger partial charge on any atom is -0.484 e. The van der Waals surface area contributed by atoms with Gasteiger partial charge in [0.2, 0.25) is 0 Å². The fourth-order valence-corrected chi connectivity index (χ4v) is 3.74. The van der Waals surface area contributed by atoms with Crippen LogP contribution in [0.2, 0.25) is 0 Å². The Labute approximate surface area is 181 Å². The number of hydrogen-bond donors (Lipinski definition) is 0. The van der Waals surface area contributed by atoms with Crippen molar-refractivity contribution in [2.45, 2.75) is 47.0 Å². The number of ether oxygens (including phenoxy) is 2. The monoisotopic (exact) mass is 432 g/mol. The molecule has 30 heavy (non-hydrogen) atoms. The number of carbonyl (C=O) groups excluding carboxylic acids is 3. The van der Waals surface area contributed by atoms with Gasteiger partial charge in [0, 0.05) is 12.1 Å². The molecule has 8 heteroatoms. The zero-order valence-corrected chi connectivity index (χ0v) is 18.7. The highest BCUT2D eigenvalue weighted by atomic mass is 32.1. The van der Waals surface area contributed by atoms with Crippen molar-refractivity contribution >= 4 is 34.1 Å². The van der Waals surface area contributed by atoms with E-state index in [1.807, 2.05) is 0 Å². The Kier molecular flexibility index (Phi) is 8.98. The van der Waals surface area contributed by atoms with Crippen molar-refractivity contribution in [3.05, 3.63) is 40.4 Å². The molecule has 0 radical (unpaired) electrons. The highest BCUT2D eigenvalue weighted by Gasteiger charge is 2.24. The van der Waals surface area contributed by atoms with E-state index in [0.29, 0.717) is 33.6 Å². The van der Waals surface area contributed by atoms with Crippen molar-refractivity contribution < 1.29 is 23.9 Å². The van der Waals surface area contributed by atoms with Gasteiger partial charge in [0.1, 0.15) is 10.6 Å². The molecule has 1 aromatic heterocycles. The third kappa shape index (κ3) is 6.38. The zero-order valence-electron chi connectivity index (χ0n) is 17.9.